The molecule has 1 heterocycles. The van der Waals surface area contributed by atoms with E-state index in [1.807, 2.05) is 0 Å². The Balaban J connectivity index is 1.81. The van der Waals surface area contributed by atoms with E-state index in [2.05, 4.69) is 0 Å². The topological polar surface area (TPSA) is 89.8 Å². The van der Waals surface area contributed by atoms with Gasteiger partial charge in [-0.2, -0.15) is 4.31 Å². The maximum Gasteiger partial charge on any atom is 0.311 e. The normalized spacial score (nSPS) is 17.6. The molecule has 7 nitrogen and oxygen atoms in total. The molecule has 1 fully saturated rings. The Hall–Kier alpha value is -1.52. The molecule has 0 bridgehead atoms. The van der Waals surface area contributed by atoms with E-state index < -0.39 is 20.3 Å². The fourth-order valence-electron chi connectivity index (χ4n) is 2.78. The quantitative estimate of drug-likeness (QED) is 0.467. The molecular weight excluding hydrogens is 447 g/mol. The Bertz CT molecular complexity index is 996. The average molecular weight is 463 g/mol. The Labute approximate surface area is 176 Å². The van der Waals surface area contributed by atoms with Gasteiger partial charge in [0.15, 0.2) is 5.75 Å². The SMILES string of the molecule is Cc1ccc(OC[C@@H]2SCCN2S(=O)(=O)c2cc(Cl)cc(Cl)c2)c([N+](=O)[O-])c1. The molecule has 28 heavy (non-hydrogen) atoms. The fraction of sp³-hybridized carbons (Fsp3) is 0.294. The first-order valence-corrected chi connectivity index (χ1v) is 11.4. The van der Waals surface area contributed by atoms with Crippen LogP contribution < -0.4 is 4.74 Å². The second kappa shape index (κ2) is 8.46. The summed E-state index contributed by atoms with van der Waals surface area (Å²) in [7, 11) is -3.84. The number of nitro groups is 1. The molecule has 0 aliphatic carbocycles. The van der Waals surface area contributed by atoms with Gasteiger partial charge in [-0.1, -0.05) is 29.3 Å². The number of benzene rings is 2. The van der Waals surface area contributed by atoms with Gasteiger partial charge in [-0.25, -0.2) is 8.42 Å². The van der Waals surface area contributed by atoms with Crippen LogP contribution in [0.2, 0.25) is 10.0 Å². The highest BCUT2D eigenvalue weighted by atomic mass is 35.5. The minimum absolute atomic E-state index is 0.00110. The van der Waals surface area contributed by atoms with Crippen LogP contribution in [-0.4, -0.2) is 41.9 Å². The third-order valence-electron chi connectivity index (χ3n) is 4.08. The maximum absolute atomic E-state index is 13.0. The Morgan fingerprint density at radius 1 is 1.25 bits per heavy atom. The lowest BCUT2D eigenvalue weighted by atomic mass is 10.2. The van der Waals surface area contributed by atoms with E-state index in [0.29, 0.717) is 12.3 Å². The molecule has 150 valence electrons. The minimum atomic E-state index is -3.84. The van der Waals surface area contributed by atoms with Crippen molar-refractivity contribution in [3.63, 3.8) is 0 Å². The van der Waals surface area contributed by atoms with E-state index in [-0.39, 0.29) is 33.0 Å². The van der Waals surface area contributed by atoms with Gasteiger partial charge in [-0.15, -0.1) is 11.8 Å². The summed E-state index contributed by atoms with van der Waals surface area (Å²) in [6, 6.07) is 8.77. The summed E-state index contributed by atoms with van der Waals surface area (Å²) in [5, 5.41) is 11.2. The molecule has 0 N–H and O–H groups in total. The number of nitro benzene ring substituents is 1. The summed E-state index contributed by atoms with van der Waals surface area (Å²) >= 11 is 13.3. The molecule has 0 amide bonds. The molecule has 0 saturated carbocycles. The predicted octanol–water partition coefficient (Wildman–Crippen LogP) is 4.35. The van der Waals surface area contributed by atoms with Crippen LogP contribution in [-0.2, 0) is 10.0 Å². The molecule has 0 aromatic heterocycles. The van der Waals surface area contributed by atoms with Crippen molar-refractivity contribution in [3.8, 4) is 5.75 Å². The fourth-order valence-corrected chi connectivity index (χ4v) is 6.61. The van der Waals surface area contributed by atoms with Gasteiger partial charge >= 0.3 is 5.69 Å². The van der Waals surface area contributed by atoms with E-state index in [4.69, 9.17) is 27.9 Å². The highest BCUT2D eigenvalue weighted by molar-refractivity contribution is 8.01. The number of sulfonamides is 1. The van der Waals surface area contributed by atoms with E-state index in [1.54, 1.807) is 13.0 Å². The van der Waals surface area contributed by atoms with Crippen molar-refractivity contribution in [1.82, 2.24) is 4.31 Å². The summed E-state index contributed by atoms with van der Waals surface area (Å²) in [4.78, 5) is 10.7. The lowest BCUT2D eigenvalue weighted by molar-refractivity contribution is -0.385. The molecule has 1 aliphatic rings. The molecule has 0 unspecified atom stereocenters. The summed E-state index contributed by atoms with van der Waals surface area (Å²) in [5.74, 6) is 0.684. The van der Waals surface area contributed by atoms with Crippen molar-refractivity contribution in [2.45, 2.75) is 17.2 Å². The third kappa shape index (κ3) is 4.55. The third-order valence-corrected chi connectivity index (χ3v) is 7.73. The molecular formula is C17H16Cl2N2O5S2. The number of aryl methyl sites for hydroxylation is 1. The number of ether oxygens (including phenoxy) is 1. The second-order valence-electron chi connectivity index (χ2n) is 6.09. The second-order valence-corrected chi connectivity index (χ2v) is 10.1. The van der Waals surface area contributed by atoms with Crippen LogP contribution in [0.4, 0.5) is 5.69 Å². The molecule has 1 saturated heterocycles. The Kier molecular flexibility index (Phi) is 6.41. The largest absolute Gasteiger partial charge is 0.484 e. The predicted molar refractivity (Wildman–Crippen MR) is 110 cm³/mol. The summed E-state index contributed by atoms with van der Waals surface area (Å²) in [5.41, 5.74) is 0.579. The van der Waals surface area contributed by atoms with Gasteiger partial charge in [0, 0.05) is 28.4 Å². The number of nitrogens with zero attached hydrogens (tertiary/aromatic N) is 2. The van der Waals surface area contributed by atoms with Crippen LogP contribution in [0.3, 0.4) is 0 Å². The highest BCUT2D eigenvalue weighted by Crippen LogP contribution is 2.34. The average Bonchev–Trinajstić information content (AvgIpc) is 3.09. The van der Waals surface area contributed by atoms with Gasteiger partial charge in [-0.3, -0.25) is 10.1 Å². The molecule has 1 aliphatic heterocycles. The van der Waals surface area contributed by atoms with Gasteiger partial charge < -0.3 is 4.74 Å². The zero-order chi connectivity index (χ0) is 20.5. The van der Waals surface area contributed by atoms with Gasteiger partial charge in [0.1, 0.15) is 12.0 Å². The van der Waals surface area contributed by atoms with Gasteiger partial charge in [0.2, 0.25) is 10.0 Å². The van der Waals surface area contributed by atoms with E-state index in [9.17, 15) is 18.5 Å². The zero-order valence-corrected chi connectivity index (χ0v) is 17.8. The number of thioether (sulfide) groups is 1. The highest BCUT2D eigenvalue weighted by Gasteiger charge is 2.37. The molecule has 11 heteroatoms. The van der Waals surface area contributed by atoms with Crippen molar-refractivity contribution in [3.05, 3.63) is 62.1 Å². The van der Waals surface area contributed by atoms with E-state index in [1.165, 1.54) is 46.4 Å². The van der Waals surface area contributed by atoms with Crippen LogP contribution in [0.1, 0.15) is 5.56 Å². The smallest absolute Gasteiger partial charge is 0.311 e. The first kappa shape index (κ1) is 21.2. The number of rotatable bonds is 6. The molecule has 0 spiro atoms. The molecule has 2 aromatic rings. The maximum atomic E-state index is 13.0. The van der Waals surface area contributed by atoms with Gasteiger partial charge in [0.05, 0.1) is 9.82 Å². The number of hydrogen-bond acceptors (Lipinski definition) is 6. The minimum Gasteiger partial charge on any atom is -0.484 e. The van der Waals surface area contributed by atoms with E-state index >= 15 is 0 Å². The Morgan fingerprint density at radius 3 is 2.57 bits per heavy atom. The number of halogens is 2. The van der Waals surface area contributed by atoms with Gasteiger partial charge in [0.25, 0.3) is 0 Å². The summed E-state index contributed by atoms with van der Waals surface area (Å²) in [6.07, 6.45) is 0. The van der Waals surface area contributed by atoms with Crippen LogP contribution in [0.5, 0.6) is 5.75 Å². The Morgan fingerprint density at radius 2 is 1.93 bits per heavy atom. The standard InChI is InChI=1S/C17H16Cl2N2O5S2/c1-11-2-3-16(15(6-11)21(22)23)26-10-17-20(4-5-27-17)28(24,25)14-8-12(18)7-13(19)9-14/h2-3,6-9,17H,4-5,10H2,1H3/t17-/m0/s1. The summed E-state index contributed by atoms with van der Waals surface area (Å²) < 4.78 is 33.0. The summed E-state index contributed by atoms with van der Waals surface area (Å²) in [6.45, 7) is 2.01. The first-order valence-electron chi connectivity index (χ1n) is 8.16. The monoisotopic (exact) mass is 462 g/mol. The number of hydrogen-bond donors (Lipinski definition) is 0. The van der Waals surface area contributed by atoms with E-state index in [0.717, 1.165) is 5.56 Å². The van der Waals surface area contributed by atoms with Crippen LogP contribution in [0.15, 0.2) is 41.3 Å². The van der Waals surface area contributed by atoms with Crippen molar-refractivity contribution in [1.29, 1.82) is 0 Å². The van der Waals surface area contributed by atoms with Crippen molar-refractivity contribution in [2.24, 2.45) is 0 Å². The van der Waals surface area contributed by atoms with Gasteiger partial charge in [-0.05, 0) is 36.8 Å². The lowest BCUT2D eigenvalue weighted by Crippen LogP contribution is -2.38. The molecule has 1 atom stereocenters. The van der Waals surface area contributed by atoms with Crippen molar-refractivity contribution < 1.29 is 18.1 Å². The van der Waals surface area contributed by atoms with Crippen LogP contribution >= 0.6 is 35.0 Å². The molecule has 3 rings (SSSR count). The molecule has 2 aromatic carbocycles. The van der Waals surface area contributed by atoms with Crippen LogP contribution in [0, 0.1) is 17.0 Å². The first-order chi connectivity index (χ1) is 13.2. The zero-order valence-electron chi connectivity index (χ0n) is 14.7. The van der Waals surface area contributed by atoms with Crippen LogP contribution in [0.25, 0.3) is 0 Å². The lowest BCUT2D eigenvalue weighted by Gasteiger charge is -2.23. The van der Waals surface area contributed by atoms with Crippen molar-refractivity contribution in [2.75, 3.05) is 18.9 Å². The van der Waals surface area contributed by atoms with Crippen molar-refractivity contribution >= 4 is 50.7 Å². The molecule has 0 radical (unpaired) electrons.